The van der Waals surface area contributed by atoms with Gasteiger partial charge in [-0.2, -0.15) is 0 Å². The van der Waals surface area contributed by atoms with E-state index in [0.717, 1.165) is 44.0 Å². The van der Waals surface area contributed by atoms with Crippen LogP contribution in [0.25, 0.3) is 11.1 Å². The van der Waals surface area contributed by atoms with Gasteiger partial charge in [0.05, 0.1) is 0 Å². The molecule has 6 rings (SSSR count). The van der Waals surface area contributed by atoms with Crippen molar-refractivity contribution in [3.05, 3.63) is 159 Å². The molecule has 8 nitrogen and oxygen atoms in total. The number of rotatable bonds is 11. The summed E-state index contributed by atoms with van der Waals surface area (Å²) in [4.78, 5) is 26.0. The maximum Gasteiger partial charge on any atom is 0.335 e. The van der Waals surface area contributed by atoms with E-state index in [0.29, 0.717) is 33.9 Å². The molecule has 258 valence electrons. The number of esters is 2. The van der Waals surface area contributed by atoms with Crippen molar-refractivity contribution in [3.63, 3.8) is 0 Å². The Kier molecular flexibility index (Phi) is 10.8. The van der Waals surface area contributed by atoms with Crippen LogP contribution in [0.4, 0.5) is 22.7 Å². The molecule has 6 aromatic carbocycles. The molecule has 0 aromatic heterocycles. The molecule has 52 heavy (non-hydrogen) atoms. The van der Waals surface area contributed by atoms with Crippen LogP contribution in [0.15, 0.2) is 159 Å². The van der Waals surface area contributed by atoms with Gasteiger partial charge < -0.3 is 32.4 Å². The number of carbonyl (C=O) groups is 2. The van der Waals surface area contributed by atoms with Crippen molar-refractivity contribution in [3.8, 4) is 22.6 Å². The Morgan fingerprint density at radius 2 is 0.712 bits per heavy atom. The van der Waals surface area contributed by atoms with Crippen molar-refractivity contribution in [2.75, 3.05) is 22.9 Å². The van der Waals surface area contributed by atoms with Gasteiger partial charge in [-0.25, -0.2) is 9.59 Å². The fourth-order valence-electron chi connectivity index (χ4n) is 5.73. The molecule has 10 heteroatoms. The molecule has 0 spiro atoms. The number of hydrogen-bond donors (Lipinski definition) is 4. The van der Waals surface area contributed by atoms with Crippen molar-refractivity contribution in [1.29, 1.82) is 0 Å². The number of carbonyl (C=O) groups excluding carboxylic acids is 2. The topological polar surface area (TPSA) is 157 Å². The van der Waals surface area contributed by atoms with Crippen LogP contribution >= 0.6 is 15.8 Å². The highest BCUT2D eigenvalue weighted by molar-refractivity contribution is 7.80. The molecule has 0 radical (unpaired) electrons. The van der Waals surface area contributed by atoms with Crippen LogP contribution in [0.2, 0.25) is 0 Å². The van der Waals surface area contributed by atoms with Crippen molar-refractivity contribution < 1.29 is 19.1 Å². The SMILES string of the molecule is C=CC(=O)Oc1cccc(P(c2ccc(N)cc2)c2ccc(N)cc2)c1-c1c(OC(=O)C=C)cccc1P(c1ccc(N)cc1)c1ccc(N)cc1. The monoisotopic (exact) mass is 722 g/mol. The largest absolute Gasteiger partial charge is 0.423 e. The van der Waals surface area contributed by atoms with E-state index in [-0.39, 0.29) is 11.5 Å². The lowest BCUT2D eigenvalue weighted by atomic mass is 10.0. The summed E-state index contributed by atoms with van der Waals surface area (Å²) < 4.78 is 12.1. The van der Waals surface area contributed by atoms with Gasteiger partial charge in [-0.05, 0) is 108 Å². The van der Waals surface area contributed by atoms with Gasteiger partial charge in [0.1, 0.15) is 11.5 Å². The van der Waals surface area contributed by atoms with Crippen LogP contribution in [0, 0.1) is 0 Å². The summed E-state index contributed by atoms with van der Waals surface area (Å²) in [6.45, 7) is 7.29. The van der Waals surface area contributed by atoms with Gasteiger partial charge >= 0.3 is 11.9 Å². The molecule has 0 saturated heterocycles. The van der Waals surface area contributed by atoms with Crippen molar-refractivity contribution in [2.45, 2.75) is 0 Å². The molecular weight excluding hydrogens is 686 g/mol. The summed E-state index contributed by atoms with van der Waals surface area (Å²) in [5.41, 5.74) is 28.2. The minimum absolute atomic E-state index is 0.258. The summed E-state index contributed by atoms with van der Waals surface area (Å²) in [6.07, 6.45) is 2.22. The molecule has 0 amide bonds. The average molecular weight is 723 g/mol. The summed E-state index contributed by atoms with van der Waals surface area (Å²) in [7, 11) is -2.72. The van der Waals surface area contributed by atoms with E-state index in [2.05, 4.69) is 13.2 Å². The van der Waals surface area contributed by atoms with Gasteiger partial charge in [0.2, 0.25) is 0 Å². The first-order valence-corrected chi connectivity index (χ1v) is 18.8. The predicted octanol–water partition coefficient (Wildman–Crippen LogP) is 5.38. The lowest BCUT2D eigenvalue weighted by Crippen LogP contribution is -2.27. The molecule has 0 aliphatic rings. The van der Waals surface area contributed by atoms with E-state index < -0.39 is 27.8 Å². The Morgan fingerprint density at radius 3 is 0.962 bits per heavy atom. The lowest BCUT2D eigenvalue weighted by molar-refractivity contribution is -0.129. The maximum absolute atomic E-state index is 13.0. The molecule has 0 heterocycles. The van der Waals surface area contributed by atoms with E-state index in [4.69, 9.17) is 32.4 Å². The third-order valence-corrected chi connectivity index (χ3v) is 13.1. The van der Waals surface area contributed by atoms with Crippen molar-refractivity contribution in [1.82, 2.24) is 0 Å². The first-order valence-electron chi connectivity index (χ1n) is 16.1. The number of nitrogen functional groups attached to an aromatic ring is 4. The normalized spacial score (nSPS) is 10.9. The van der Waals surface area contributed by atoms with Crippen LogP contribution in [-0.4, -0.2) is 11.9 Å². The van der Waals surface area contributed by atoms with E-state index >= 15 is 0 Å². The van der Waals surface area contributed by atoms with Crippen LogP contribution in [-0.2, 0) is 9.59 Å². The molecule has 8 N–H and O–H groups in total. The second-order valence-corrected chi connectivity index (χ2v) is 16.0. The first-order chi connectivity index (χ1) is 25.2. The Bertz CT molecular complexity index is 2000. The van der Waals surface area contributed by atoms with Gasteiger partial charge in [-0.3, -0.25) is 0 Å². The number of nitrogens with two attached hydrogens (primary N) is 4. The molecule has 0 bridgehead atoms. The van der Waals surface area contributed by atoms with Gasteiger partial charge in [0.15, 0.2) is 0 Å². The molecule has 0 aliphatic heterocycles. The van der Waals surface area contributed by atoms with E-state index in [9.17, 15) is 9.59 Å². The van der Waals surface area contributed by atoms with Gasteiger partial charge in [-0.15, -0.1) is 0 Å². The average Bonchev–Trinajstić information content (AvgIpc) is 3.15. The van der Waals surface area contributed by atoms with E-state index in [1.807, 2.05) is 121 Å². The summed E-state index contributed by atoms with van der Waals surface area (Å²) in [6, 6.07) is 41.9. The quantitative estimate of drug-likeness (QED) is 0.0457. The van der Waals surface area contributed by atoms with Crippen LogP contribution in [0.5, 0.6) is 11.5 Å². The predicted molar refractivity (Wildman–Crippen MR) is 219 cm³/mol. The highest BCUT2D eigenvalue weighted by atomic mass is 31.1. The molecule has 0 fully saturated rings. The Hall–Kier alpha value is -6.20. The second-order valence-electron chi connectivity index (χ2n) is 11.6. The third-order valence-electron chi connectivity index (χ3n) is 8.10. The lowest BCUT2D eigenvalue weighted by Gasteiger charge is -2.28. The first kappa shape index (κ1) is 35.6. The highest BCUT2D eigenvalue weighted by Crippen LogP contribution is 2.47. The summed E-state index contributed by atoms with van der Waals surface area (Å²) >= 11 is 0. The number of hydrogen-bond acceptors (Lipinski definition) is 8. The Morgan fingerprint density at radius 1 is 0.442 bits per heavy atom. The molecular formula is C42H36N4O4P2. The number of ether oxygens (including phenoxy) is 2. The van der Waals surface area contributed by atoms with Gasteiger partial charge in [0, 0.05) is 46.0 Å². The Balaban J connectivity index is 1.76. The second kappa shape index (κ2) is 15.8. The summed E-state index contributed by atoms with van der Waals surface area (Å²) in [5.74, 6) is -0.782. The zero-order chi connectivity index (χ0) is 36.8. The van der Waals surface area contributed by atoms with E-state index in [1.54, 1.807) is 12.1 Å². The minimum atomic E-state index is -1.36. The highest BCUT2D eigenvalue weighted by Gasteiger charge is 2.31. The fraction of sp³-hybridized carbons (Fsp3) is 0. The standard InChI is InChI=1S/C42H36N4O4P2/c1-3-39(47)49-35-7-5-9-37(51(31-19-11-27(43)12-20-31)32-21-13-28(44)14-22-32)41(35)42-36(50-40(48)4-2)8-6-10-38(42)52(33-23-15-29(45)16-24-33)34-25-17-30(46)18-26-34/h3-26H,1-2,43-46H2. The molecule has 0 unspecified atom stereocenters. The van der Waals surface area contributed by atoms with Crippen LogP contribution in [0.3, 0.4) is 0 Å². The third kappa shape index (κ3) is 7.74. The van der Waals surface area contributed by atoms with Crippen LogP contribution in [0.1, 0.15) is 0 Å². The molecule has 0 saturated carbocycles. The zero-order valence-corrected chi connectivity index (χ0v) is 29.9. The fourth-order valence-corrected chi connectivity index (χ4v) is 10.6. The van der Waals surface area contributed by atoms with Crippen molar-refractivity contribution in [2.24, 2.45) is 0 Å². The minimum Gasteiger partial charge on any atom is -0.423 e. The van der Waals surface area contributed by atoms with E-state index in [1.165, 1.54) is 0 Å². The molecule has 6 aromatic rings. The van der Waals surface area contributed by atoms with Crippen molar-refractivity contribution >= 4 is 82.4 Å². The van der Waals surface area contributed by atoms with Crippen LogP contribution < -0.4 is 64.2 Å². The zero-order valence-electron chi connectivity index (χ0n) is 28.1. The summed E-state index contributed by atoms with van der Waals surface area (Å²) in [5, 5.41) is 5.55. The Labute approximate surface area is 304 Å². The molecule has 0 atom stereocenters. The maximum atomic E-state index is 13.0. The number of benzene rings is 6. The smallest absolute Gasteiger partial charge is 0.335 e. The molecule has 0 aliphatic carbocycles. The number of anilines is 4. The van der Waals surface area contributed by atoms with Gasteiger partial charge in [-0.1, -0.05) is 86.0 Å². The van der Waals surface area contributed by atoms with Gasteiger partial charge in [0.25, 0.3) is 0 Å².